The number of carboxylic acids is 1. The van der Waals surface area contributed by atoms with Gasteiger partial charge in [0, 0.05) is 6.20 Å². The minimum absolute atomic E-state index is 0.315. The van der Waals surface area contributed by atoms with Gasteiger partial charge < -0.3 is 10.4 Å². The zero-order chi connectivity index (χ0) is 11.8. The SMILES string of the molecule is Cc1ncncc1C(=O)NC1(C(=O)O)CC1. The second kappa shape index (κ2) is 3.55. The van der Waals surface area contributed by atoms with Crippen molar-refractivity contribution < 1.29 is 14.7 Å². The van der Waals surface area contributed by atoms with E-state index in [2.05, 4.69) is 15.3 Å². The molecule has 0 saturated heterocycles. The first-order valence-corrected chi connectivity index (χ1v) is 4.88. The number of nitrogens with one attached hydrogen (secondary N) is 1. The molecule has 1 amide bonds. The summed E-state index contributed by atoms with van der Waals surface area (Å²) in [6, 6.07) is 0. The third kappa shape index (κ3) is 1.73. The molecular weight excluding hydrogens is 210 g/mol. The molecule has 0 aliphatic heterocycles. The third-order valence-corrected chi connectivity index (χ3v) is 2.67. The van der Waals surface area contributed by atoms with E-state index in [4.69, 9.17) is 5.11 Å². The molecule has 1 aromatic rings. The first-order valence-electron chi connectivity index (χ1n) is 4.88. The predicted octanol–water partition coefficient (Wildman–Crippen LogP) is 0.132. The summed E-state index contributed by atoms with van der Waals surface area (Å²) in [5.74, 6) is -1.42. The Morgan fingerprint density at radius 2 is 2.19 bits per heavy atom. The number of rotatable bonds is 3. The molecule has 1 heterocycles. The second-order valence-corrected chi connectivity index (χ2v) is 3.86. The molecule has 0 aromatic carbocycles. The van der Waals surface area contributed by atoms with Gasteiger partial charge in [0.15, 0.2) is 0 Å². The van der Waals surface area contributed by atoms with Gasteiger partial charge in [-0.3, -0.25) is 4.79 Å². The van der Waals surface area contributed by atoms with E-state index in [9.17, 15) is 9.59 Å². The molecule has 16 heavy (non-hydrogen) atoms. The van der Waals surface area contributed by atoms with E-state index < -0.39 is 17.4 Å². The molecule has 6 heteroatoms. The molecule has 84 valence electrons. The lowest BCUT2D eigenvalue weighted by Gasteiger charge is -2.12. The van der Waals surface area contributed by atoms with Crippen LogP contribution in [0, 0.1) is 6.92 Å². The van der Waals surface area contributed by atoms with Gasteiger partial charge in [-0.15, -0.1) is 0 Å². The number of carbonyl (C=O) groups is 2. The molecule has 0 unspecified atom stereocenters. The fourth-order valence-electron chi connectivity index (χ4n) is 1.42. The Morgan fingerprint density at radius 1 is 1.50 bits per heavy atom. The van der Waals surface area contributed by atoms with E-state index in [1.54, 1.807) is 6.92 Å². The Balaban J connectivity index is 2.16. The number of carboxylic acid groups (broad SMARTS) is 1. The lowest BCUT2D eigenvalue weighted by Crippen LogP contribution is -2.43. The maximum absolute atomic E-state index is 11.8. The summed E-state index contributed by atoms with van der Waals surface area (Å²) in [5, 5.41) is 11.4. The van der Waals surface area contributed by atoms with Crippen LogP contribution in [0.4, 0.5) is 0 Å². The molecule has 0 bridgehead atoms. The van der Waals surface area contributed by atoms with Gasteiger partial charge in [0.1, 0.15) is 11.9 Å². The van der Waals surface area contributed by atoms with E-state index in [0.717, 1.165) is 0 Å². The number of amides is 1. The summed E-state index contributed by atoms with van der Waals surface area (Å²) in [4.78, 5) is 30.3. The van der Waals surface area contributed by atoms with Crippen LogP contribution in [0.1, 0.15) is 28.9 Å². The Bertz CT molecular complexity index is 454. The van der Waals surface area contributed by atoms with Crippen molar-refractivity contribution in [2.45, 2.75) is 25.3 Å². The standard InChI is InChI=1S/C10H11N3O3/c1-6-7(4-11-5-12-6)8(14)13-10(2-3-10)9(15)16/h4-5H,2-3H2,1H3,(H,13,14)(H,15,16). The Kier molecular flexibility index (Phi) is 2.34. The first kappa shape index (κ1) is 10.5. The molecule has 1 saturated carbocycles. The number of nitrogens with zero attached hydrogens (tertiary/aromatic N) is 2. The molecule has 0 atom stereocenters. The molecule has 2 N–H and O–H groups in total. The number of aromatic nitrogens is 2. The smallest absolute Gasteiger partial charge is 0.329 e. The number of aryl methyl sites for hydroxylation is 1. The monoisotopic (exact) mass is 221 g/mol. The lowest BCUT2D eigenvalue weighted by molar-refractivity contribution is -0.140. The van der Waals surface area contributed by atoms with Gasteiger partial charge in [0.25, 0.3) is 5.91 Å². The fraction of sp³-hybridized carbons (Fsp3) is 0.400. The second-order valence-electron chi connectivity index (χ2n) is 3.86. The van der Waals surface area contributed by atoms with Crippen LogP contribution >= 0.6 is 0 Å². The highest BCUT2D eigenvalue weighted by Gasteiger charge is 2.51. The molecule has 6 nitrogen and oxygen atoms in total. The lowest BCUT2D eigenvalue weighted by atomic mass is 10.2. The highest BCUT2D eigenvalue weighted by Crippen LogP contribution is 2.35. The average Bonchev–Trinajstić information content (AvgIpc) is 2.99. The van der Waals surface area contributed by atoms with Crippen LogP contribution in [-0.2, 0) is 4.79 Å². The van der Waals surface area contributed by atoms with Crippen molar-refractivity contribution in [3.05, 3.63) is 23.8 Å². The van der Waals surface area contributed by atoms with Crippen molar-refractivity contribution in [3.63, 3.8) is 0 Å². The van der Waals surface area contributed by atoms with Crippen LogP contribution in [0.3, 0.4) is 0 Å². The molecular formula is C10H11N3O3. The van der Waals surface area contributed by atoms with Crippen molar-refractivity contribution in [3.8, 4) is 0 Å². The van der Waals surface area contributed by atoms with Crippen molar-refractivity contribution in [1.29, 1.82) is 0 Å². The molecule has 1 aliphatic rings. The normalized spacial score (nSPS) is 16.6. The topological polar surface area (TPSA) is 92.2 Å². The maximum Gasteiger partial charge on any atom is 0.329 e. The van der Waals surface area contributed by atoms with E-state index in [-0.39, 0.29) is 0 Å². The van der Waals surface area contributed by atoms with Crippen molar-refractivity contribution in [2.24, 2.45) is 0 Å². The van der Waals surface area contributed by atoms with Crippen LogP contribution in [0.5, 0.6) is 0 Å². The van der Waals surface area contributed by atoms with Crippen LogP contribution < -0.4 is 5.32 Å². The van der Waals surface area contributed by atoms with E-state index in [1.807, 2.05) is 0 Å². The van der Waals surface area contributed by atoms with Crippen LogP contribution in [0.15, 0.2) is 12.5 Å². The zero-order valence-corrected chi connectivity index (χ0v) is 8.73. The Hall–Kier alpha value is -1.98. The van der Waals surface area contributed by atoms with Gasteiger partial charge in [-0.05, 0) is 19.8 Å². The minimum atomic E-state index is -1.07. The van der Waals surface area contributed by atoms with Crippen LogP contribution in [-0.4, -0.2) is 32.5 Å². The molecule has 0 radical (unpaired) electrons. The summed E-state index contributed by atoms with van der Waals surface area (Å²) in [5.41, 5.74) is -0.219. The van der Waals surface area contributed by atoms with Gasteiger partial charge in [0.05, 0.1) is 11.3 Å². The van der Waals surface area contributed by atoms with Gasteiger partial charge in [-0.1, -0.05) is 0 Å². The first-order chi connectivity index (χ1) is 7.55. The minimum Gasteiger partial charge on any atom is -0.480 e. The molecule has 0 spiro atoms. The molecule has 1 aliphatic carbocycles. The summed E-state index contributed by atoms with van der Waals surface area (Å²) < 4.78 is 0. The average molecular weight is 221 g/mol. The summed E-state index contributed by atoms with van der Waals surface area (Å²) >= 11 is 0. The van der Waals surface area contributed by atoms with E-state index in [0.29, 0.717) is 24.1 Å². The quantitative estimate of drug-likeness (QED) is 0.757. The molecule has 2 rings (SSSR count). The zero-order valence-electron chi connectivity index (χ0n) is 8.73. The van der Waals surface area contributed by atoms with Crippen molar-refractivity contribution in [1.82, 2.24) is 15.3 Å². The molecule has 1 aromatic heterocycles. The Morgan fingerprint density at radius 3 is 2.69 bits per heavy atom. The summed E-state index contributed by atoms with van der Waals surface area (Å²) in [7, 11) is 0. The van der Waals surface area contributed by atoms with Crippen LogP contribution in [0.2, 0.25) is 0 Å². The largest absolute Gasteiger partial charge is 0.480 e. The van der Waals surface area contributed by atoms with Crippen molar-refractivity contribution >= 4 is 11.9 Å². The highest BCUT2D eigenvalue weighted by atomic mass is 16.4. The van der Waals surface area contributed by atoms with Gasteiger partial charge in [-0.25, -0.2) is 14.8 Å². The number of hydrogen-bond acceptors (Lipinski definition) is 4. The predicted molar refractivity (Wildman–Crippen MR) is 53.8 cm³/mol. The maximum atomic E-state index is 11.8. The van der Waals surface area contributed by atoms with Crippen LogP contribution in [0.25, 0.3) is 0 Å². The van der Waals surface area contributed by atoms with Gasteiger partial charge in [-0.2, -0.15) is 0 Å². The third-order valence-electron chi connectivity index (χ3n) is 2.67. The number of aliphatic carboxylic acids is 1. The van der Waals surface area contributed by atoms with E-state index >= 15 is 0 Å². The highest BCUT2D eigenvalue weighted by molar-refractivity contribution is 5.99. The Labute approximate surface area is 91.7 Å². The molecule has 1 fully saturated rings. The van der Waals surface area contributed by atoms with Gasteiger partial charge in [0.2, 0.25) is 0 Å². The van der Waals surface area contributed by atoms with Crippen molar-refractivity contribution in [2.75, 3.05) is 0 Å². The fourth-order valence-corrected chi connectivity index (χ4v) is 1.42. The van der Waals surface area contributed by atoms with E-state index in [1.165, 1.54) is 12.5 Å². The van der Waals surface area contributed by atoms with Gasteiger partial charge >= 0.3 is 5.97 Å². The number of hydrogen-bond donors (Lipinski definition) is 2. The number of carbonyl (C=O) groups excluding carboxylic acids is 1. The summed E-state index contributed by atoms with van der Waals surface area (Å²) in [6.07, 6.45) is 3.67. The summed E-state index contributed by atoms with van der Waals surface area (Å²) in [6.45, 7) is 1.68.